The summed E-state index contributed by atoms with van der Waals surface area (Å²) < 4.78 is 10.7. The molecular formula is C23H34N2O6. The molecule has 0 radical (unpaired) electrons. The van der Waals surface area contributed by atoms with Crippen LogP contribution in [0.1, 0.15) is 59.6 Å². The van der Waals surface area contributed by atoms with Crippen molar-refractivity contribution in [1.82, 2.24) is 10.2 Å². The molecule has 31 heavy (non-hydrogen) atoms. The summed E-state index contributed by atoms with van der Waals surface area (Å²) in [6.45, 7) is 9.93. The number of carbonyl (C=O) groups excluding carboxylic acids is 3. The number of alkyl carbamates (subject to hydrolysis) is 1. The molecule has 1 saturated heterocycles. The van der Waals surface area contributed by atoms with Gasteiger partial charge in [0.25, 0.3) is 0 Å². The first-order chi connectivity index (χ1) is 14.3. The van der Waals surface area contributed by atoms with Crippen molar-refractivity contribution in [3.63, 3.8) is 0 Å². The molecule has 0 bridgehead atoms. The molecule has 0 saturated carbocycles. The number of esters is 1. The van der Waals surface area contributed by atoms with Crippen molar-refractivity contribution >= 4 is 18.0 Å². The van der Waals surface area contributed by atoms with Gasteiger partial charge < -0.3 is 24.8 Å². The first-order valence-electron chi connectivity index (χ1n) is 10.5. The molecule has 172 valence electrons. The second-order valence-corrected chi connectivity index (χ2v) is 9.74. The van der Waals surface area contributed by atoms with Crippen LogP contribution in [0.2, 0.25) is 0 Å². The van der Waals surface area contributed by atoms with Gasteiger partial charge >= 0.3 is 12.1 Å². The quantitative estimate of drug-likeness (QED) is 0.691. The third kappa shape index (κ3) is 6.95. The Hall–Kier alpha value is -2.61. The predicted octanol–water partition coefficient (Wildman–Crippen LogP) is 2.80. The van der Waals surface area contributed by atoms with Crippen molar-refractivity contribution in [3.05, 3.63) is 35.9 Å². The number of hydrogen-bond acceptors (Lipinski definition) is 6. The molecule has 3 unspecified atom stereocenters. The van der Waals surface area contributed by atoms with E-state index < -0.39 is 41.3 Å². The van der Waals surface area contributed by atoms with Crippen LogP contribution >= 0.6 is 0 Å². The largest absolute Gasteiger partial charge is 0.458 e. The van der Waals surface area contributed by atoms with Crippen molar-refractivity contribution < 1.29 is 29.0 Å². The van der Waals surface area contributed by atoms with E-state index in [1.54, 1.807) is 41.5 Å². The number of carbonyl (C=O) groups is 3. The lowest BCUT2D eigenvalue weighted by Crippen LogP contribution is -2.48. The zero-order valence-corrected chi connectivity index (χ0v) is 19.2. The number of hydrogen-bond donors (Lipinski definition) is 2. The summed E-state index contributed by atoms with van der Waals surface area (Å²) >= 11 is 0. The number of benzene rings is 1. The van der Waals surface area contributed by atoms with Gasteiger partial charge in [0.15, 0.2) is 0 Å². The molecule has 2 rings (SSSR count). The lowest BCUT2D eigenvalue weighted by molar-refractivity contribution is -0.164. The number of amides is 2. The third-order valence-electron chi connectivity index (χ3n) is 4.73. The Kier molecular flexibility index (Phi) is 7.70. The molecule has 0 aliphatic carbocycles. The smallest absolute Gasteiger partial charge is 0.408 e. The Bertz CT molecular complexity index is 781. The van der Waals surface area contributed by atoms with Crippen LogP contribution in [0, 0.1) is 5.92 Å². The molecule has 0 spiro atoms. The number of nitrogens with zero attached hydrogens (tertiary/aromatic N) is 1. The van der Waals surface area contributed by atoms with Crippen molar-refractivity contribution in [2.75, 3.05) is 13.2 Å². The second-order valence-electron chi connectivity index (χ2n) is 9.74. The Morgan fingerprint density at radius 2 is 1.61 bits per heavy atom. The fraction of sp³-hybridized carbons (Fsp3) is 0.609. The number of nitrogens with one attached hydrogen (secondary N) is 1. The van der Waals surface area contributed by atoms with Gasteiger partial charge in [-0.2, -0.15) is 0 Å². The Morgan fingerprint density at radius 1 is 1.03 bits per heavy atom. The summed E-state index contributed by atoms with van der Waals surface area (Å²) in [6, 6.07) is 7.86. The van der Waals surface area contributed by atoms with Crippen LogP contribution in [0.5, 0.6) is 0 Å². The van der Waals surface area contributed by atoms with Gasteiger partial charge in [-0.1, -0.05) is 30.3 Å². The third-order valence-corrected chi connectivity index (χ3v) is 4.73. The maximum absolute atomic E-state index is 13.2. The molecule has 8 heteroatoms. The molecular weight excluding hydrogens is 400 g/mol. The first kappa shape index (κ1) is 24.7. The number of rotatable bonds is 5. The molecule has 8 nitrogen and oxygen atoms in total. The highest BCUT2D eigenvalue weighted by molar-refractivity contribution is 5.88. The topological polar surface area (TPSA) is 105 Å². The maximum atomic E-state index is 13.2. The van der Waals surface area contributed by atoms with E-state index >= 15 is 0 Å². The molecule has 1 aliphatic heterocycles. The van der Waals surface area contributed by atoms with Gasteiger partial charge in [0.1, 0.15) is 23.8 Å². The number of ether oxygens (including phenoxy) is 2. The van der Waals surface area contributed by atoms with Crippen LogP contribution in [0.3, 0.4) is 0 Å². The van der Waals surface area contributed by atoms with Gasteiger partial charge in [-0.15, -0.1) is 0 Å². The Balaban J connectivity index is 2.30. The van der Waals surface area contributed by atoms with Gasteiger partial charge in [0.2, 0.25) is 5.91 Å². The van der Waals surface area contributed by atoms with Crippen LogP contribution in [0.25, 0.3) is 0 Å². The van der Waals surface area contributed by atoms with Gasteiger partial charge in [0.05, 0.1) is 6.04 Å². The molecule has 1 heterocycles. The van der Waals surface area contributed by atoms with E-state index in [9.17, 15) is 19.5 Å². The standard InChI is InChI=1S/C23H34N2O6/c1-22(2,3)30-20(28)17-12-16(14-26)19(15-10-8-7-9-11-15)25(17)18(27)13-24-21(29)31-23(4,5)6/h7-11,16-17,19,26H,12-14H2,1-6H3,(H,24,29). The van der Waals surface area contributed by atoms with E-state index in [-0.39, 0.29) is 25.5 Å². The van der Waals surface area contributed by atoms with E-state index in [0.717, 1.165) is 5.56 Å². The van der Waals surface area contributed by atoms with E-state index in [2.05, 4.69) is 5.32 Å². The van der Waals surface area contributed by atoms with Crippen molar-refractivity contribution in [3.8, 4) is 0 Å². The van der Waals surface area contributed by atoms with Crippen LogP contribution in [-0.2, 0) is 19.1 Å². The second kappa shape index (κ2) is 9.68. The monoisotopic (exact) mass is 434 g/mol. The van der Waals surface area contributed by atoms with Crippen LogP contribution < -0.4 is 5.32 Å². The predicted molar refractivity (Wildman–Crippen MR) is 115 cm³/mol. The van der Waals surface area contributed by atoms with Gasteiger partial charge in [-0.25, -0.2) is 9.59 Å². The summed E-state index contributed by atoms with van der Waals surface area (Å²) in [6.07, 6.45) is -0.452. The molecule has 1 fully saturated rings. The van der Waals surface area contributed by atoms with Crippen molar-refractivity contribution in [2.24, 2.45) is 5.92 Å². The molecule has 3 atom stereocenters. The normalized spacial score (nSPS) is 21.5. The van der Waals surface area contributed by atoms with Crippen LogP contribution in [-0.4, -0.2) is 58.4 Å². The van der Waals surface area contributed by atoms with E-state index in [0.29, 0.717) is 0 Å². The molecule has 2 amide bonds. The molecule has 1 aromatic rings. The van der Waals surface area contributed by atoms with Gasteiger partial charge in [0, 0.05) is 12.5 Å². The fourth-order valence-corrected chi connectivity index (χ4v) is 3.67. The number of likely N-dealkylation sites (tertiary alicyclic amines) is 1. The first-order valence-corrected chi connectivity index (χ1v) is 10.5. The lowest BCUT2D eigenvalue weighted by atomic mass is 9.94. The number of aliphatic hydroxyl groups excluding tert-OH is 1. The maximum Gasteiger partial charge on any atom is 0.408 e. The van der Waals surface area contributed by atoms with Crippen molar-refractivity contribution in [2.45, 2.75) is 71.2 Å². The minimum atomic E-state index is -0.866. The summed E-state index contributed by atoms with van der Waals surface area (Å²) in [5.41, 5.74) is -0.618. The highest BCUT2D eigenvalue weighted by Crippen LogP contribution is 2.41. The average molecular weight is 435 g/mol. The lowest BCUT2D eigenvalue weighted by Gasteiger charge is -2.32. The molecule has 0 aromatic heterocycles. The summed E-state index contributed by atoms with van der Waals surface area (Å²) in [5, 5.41) is 12.5. The molecule has 2 N–H and O–H groups in total. The highest BCUT2D eigenvalue weighted by Gasteiger charge is 2.48. The summed E-state index contributed by atoms with van der Waals surface area (Å²) in [7, 11) is 0. The highest BCUT2D eigenvalue weighted by atomic mass is 16.6. The van der Waals surface area contributed by atoms with Gasteiger partial charge in [-0.3, -0.25) is 4.79 Å². The Labute approximate surface area is 183 Å². The van der Waals surface area contributed by atoms with E-state index in [4.69, 9.17) is 9.47 Å². The summed E-state index contributed by atoms with van der Waals surface area (Å²) in [5.74, 6) is -1.33. The average Bonchev–Trinajstić information content (AvgIpc) is 3.04. The SMILES string of the molecule is CC(C)(C)OC(=O)NCC(=O)N1C(C(=O)OC(C)(C)C)CC(CO)C1c1ccccc1. The Morgan fingerprint density at radius 3 is 2.13 bits per heavy atom. The number of aliphatic hydroxyl groups is 1. The van der Waals surface area contributed by atoms with E-state index in [1.807, 2.05) is 30.3 Å². The summed E-state index contributed by atoms with van der Waals surface area (Å²) in [4.78, 5) is 39.6. The molecule has 1 aliphatic rings. The van der Waals surface area contributed by atoms with E-state index in [1.165, 1.54) is 4.90 Å². The molecule has 1 aromatic carbocycles. The van der Waals surface area contributed by atoms with Crippen molar-refractivity contribution in [1.29, 1.82) is 0 Å². The van der Waals surface area contributed by atoms with Gasteiger partial charge in [-0.05, 0) is 53.5 Å². The fourth-order valence-electron chi connectivity index (χ4n) is 3.67. The minimum absolute atomic E-state index is 0.192. The van der Waals surface area contributed by atoms with Crippen LogP contribution in [0.15, 0.2) is 30.3 Å². The van der Waals surface area contributed by atoms with Crippen LogP contribution in [0.4, 0.5) is 4.79 Å². The zero-order valence-electron chi connectivity index (χ0n) is 19.2. The zero-order chi connectivity index (χ0) is 23.4. The minimum Gasteiger partial charge on any atom is -0.458 e.